The number of nitrogens with zero attached hydrogens (tertiary/aromatic N) is 1. The van der Waals surface area contributed by atoms with Gasteiger partial charge in [-0.05, 0) is 42.7 Å². The van der Waals surface area contributed by atoms with Crippen LogP contribution in [0.5, 0.6) is 5.75 Å². The van der Waals surface area contributed by atoms with Gasteiger partial charge in [-0.3, -0.25) is 4.99 Å². The molecule has 1 unspecified atom stereocenters. The van der Waals surface area contributed by atoms with E-state index in [0.717, 1.165) is 17.3 Å². The number of guanidine groups is 1. The Balaban J connectivity index is 0.00000364. The molecule has 0 heterocycles. The Kier molecular flexibility index (Phi) is 10.8. The van der Waals surface area contributed by atoms with Gasteiger partial charge in [0, 0.05) is 20.7 Å². The SMILES string of the molecule is CN=C(NCc1cccc(COC)c1)NCC(C)Oc1cccc(C)c1.I. The summed E-state index contributed by atoms with van der Waals surface area (Å²) in [4.78, 5) is 4.27. The lowest BCUT2D eigenvalue weighted by Crippen LogP contribution is -2.41. The minimum absolute atomic E-state index is 0. The van der Waals surface area contributed by atoms with E-state index in [2.05, 4.69) is 46.8 Å². The second-order valence-corrected chi connectivity index (χ2v) is 6.30. The number of aliphatic imine (C=N–C) groups is 1. The Labute approximate surface area is 179 Å². The van der Waals surface area contributed by atoms with E-state index in [9.17, 15) is 0 Å². The highest BCUT2D eigenvalue weighted by molar-refractivity contribution is 14.0. The van der Waals surface area contributed by atoms with Gasteiger partial charge in [0.2, 0.25) is 0 Å². The molecule has 0 radical (unpaired) electrons. The Morgan fingerprint density at radius 2 is 1.81 bits per heavy atom. The highest BCUT2D eigenvalue weighted by Crippen LogP contribution is 2.13. The third kappa shape index (κ3) is 8.62. The van der Waals surface area contributed by atoms with E-state index < -0.39 is 0 Å². The van der Waals surface area contributed by atoms with Crippen LogP contribution in [-0.2, 0) is 17.9 Å². The zero-order valence-corrected chi connectivity index (χ0v) is 18.8. The third-order valence-electron chi connectivity index (χ3n) is 3.87. The van der Waals surface area contributed by atoms with Crippen molar-refractivity contribution in [3.05, 3.63) is 65.2 Å². The van der Waals surface area contributed by atoms with Crippen molar-refractivity contribution in [2.45, 2.75) is 33.1 Å². The smallest absolute Gasteiger partial charge is 0.191 e. The second-order valence-electron chi connectivity index (χ2n) is 6.30. The van der Waals surface area contributed by atoms with E-state index in [1.165, 1.54) is 11.1 Å². The summed E-state index contributed by atoms with van der Waals surface area (Å²) in [6.45, 7) is 6.08. The topological polar surface area (TPSA) is 54.9 Å². The molecule has 0 aromatic heterocycles. The maximum absolute atomic E-state index is 5.94. The Bertz CT molecular complexity index is 722. The number of halogens is 1. The summed E-state index contributed by atoms with van der Waals surface area (Å²) in [6, 6.07) is 16.4. The van der Waals surface area contributed by atoms with Crippen LogP contribution in [0.4, 0.5) is 0 Å². The quantitative estimate of drug-likeness (QED) is 0.340. The molecule has 0 saturated heterocycles. The van der Waals surface area contributed by atoms with Crippen LogP contribution in [0.3, 0.4) is 0 Å². The number of methoxy groups -OCH3 is 1. The first-order valence-electron chi connectivity index (χ1n) is 8.85. The first kappa shape index (κ1) is 23.2. The molecule has 6 heteroatoms. The zero-order valence-electron chi connectivity index (χ0n) is 16.5. The maximum Gasteiger partial charge on any atom is 0.191 e. The van der Waals surface area contributed by atoms with Crippen LogP contribution in [0, 0.1) is 6.92 Å². The molecule has 5 nitrogen and oxygen atoms in total. The standard InChI is InChI=1S/C21H29N3O2.HI/c1-16-7-5-10-20(11-16)26-17(2)13-23-21(22-3)24-14-18-8-6-9-19(12-18)15-25-4;/h5-12,17H,13-15H2,1-4H3,(H2,22,23,24);1H. The van der Waals surface area contributed by atoms with Crippen molar-refractivity contribution in [3.63, 3.8) is 0 Å². The Morgan fingerprint density at radius 3 is 2.52 bits per heavy atom. The summed E-state index contributed by atoms with van der Waals surface area (Å²) in [5, 5.41) is 6.63. The molecule has 148 valence electrons. The molecule has 0 amide bonds. The molecule has 2 aromatic carbocycles. The van der Waals surface area contributed by atoms with Gasteiger partial charge in [0.1, 0.15) is 11.9 Å². The first-order chi connectivity index (χ1) is 12.6. The number of benzene rings is 2. The number of aryl methyl sites for hydroxylation is 1. The van der Waals surface area contributed by atoms with E-state index in [0.29, 0.717) is 19.7 Å². The molecule has 0 aliphatic heterocycles. The molecule has 1 atom stereocenters. The van der Waals surface area contributed by atoms with Crippen LogP contribution in [0.2, 0.25) is 0 Å². The van der Waals surface area contributed by atoms with E-state index in [1.807, 2.05) is 31.2 Å². The predicted octanol–water partition coefficient (Wildman–Crippen LogP) is 3.89. The Hall–Kier alpha value is -1.80. The summed E-state index contributed by atoms with van der Waals surface area (Å²) in [5.74, 6) is 1.64. The van der Waals surface area contributed by atoms with E-state index in [4.69, 9.17) is 9.47 Å². The van der Waals surface area contributed by atoms with Gasteiger partial charge in [-0.2, -0.15) is 0 Å². The highest BCUT2D eigenvalue weighted by atomic mass is 127. The molecule has 0 saturated carbocycles. The summed E-state index contributed by atoms with van der Waals surface area (Å²) in [7, 11) is 3.47. The van der Waals surface area contributed by atoms with Crippen molar-refractivity contribution in [1.82, 2.24) is 10.6 Å². The van der Waals surface area contributed by atoms with Crippen molar-refractivity contribution < 1.29 is 9.47 Å². The van der Waals surface area contributed by atoms with Gasteiger partial charge >= 0.3 is 0 Å². The fraction of sp³-hybridized carbons (Fsp3) is 0.381. The molecule has 2 N–H and O–H groups in total. The molecule has 0 fully saturated rings. The van der Waals surface area contributed by atoms with Crippen LogP contribution in [0.15, 0.2) is 53.5 Å². The van der Waals surface area contributed by atoms with Crippen molar-refractivity contribution in [3.8, 4) is 5.75 Å². The van der Waals surface area contributed by atoms with Gasteiger partial charge in [-0.1, -0.05) is 36.4 Å². The third-order valence-corrected chi connectivity index (χ3v) is 3.87. The van der Waals surface area contributed by atoms with Crippen LogP contribution in [0.1, 0.15) is 23.6 Å². The summed E-state index contributed by atoms with van der Waals surface area (Å²) in [5.41, 5.74) is 3.54. The maximum atomic E-state index is 5.94. The lowest BCUT2D eigenvalue weighted by Gasteiger charge is -2.18. The molecule has 0 aliphatic rings. The largest absolute Gasteiger partial charge is 0.489 e. The van der Waals surface area contributed by atoms with Gasteiger partial charge in [0.15, 0.2) is 5.96 Å². The molecule has 0 aliphatic carbocycles. The van der Waals surface area contributed by atoms with E-state index >= 15 is 0 Å². The summed E-state index contributed by atoms with van der Waals surface area (Å²) >= 11 is 0. The van der Waals surface area contributed by atoms with Gasteiger partial charge < -0.3 is 20.1 Å². The van der Waals surface area contributed by atoms with Crippen LogP contribution < -0.4 is 15.4 Å². The lowest BCUT2D eigenvalue weighted by atomic mass is 10.1. The average Bonchev–Trinajstić information content (AvgIpc) is 2.62. The number of ether oxygens (including phenoxy) is 2. The molecule has 2 rings (SSSR count). The molecular weight excluding hydrogens is 453 g/mol. The molecular formula is C21H30IN3O2. The molecule has 0 spiro atoms. The van der Waals surface area contributed by atoms with Crippen LogP contribution in [0.25, 0.3) is 0 Å². The van der Waals surface area contributed by atoms with Crippen molar-refractivity contribution in [2.75, 3.05) is 20.7 Å². The first-order valence-corrected chi connectivity index (χ1v) is 8.85. The molecule has 0 bridgehead atoms. The van der Waals surface area contributed by atoms with E-state index in [-0.39, 0.29) is 30.1 Å². The van der Waals surface area contributed by atoms with Crippen molar-refractivity contribution in [2.24, 2.45) is 4.99 Å². The van der Waals surface area contributed by atoms with Gasteiger partial charge in [-0.15, -0.1) is 24.0 Å². The predicted molar refractivity (Wildman–Crippen MR) is 122 cm³/mol. The average molecular weight is 483 g/mol. The molecule has 2 aromatic rings. The van der Waals surface area contributed by atoms with Crippen molar-refractivity contribution >= 4 is 29.9 Å². The fourth-order valence-corrected chi connectivity index (χ4v) is 2.61. The minimum atomic E-state index is 0. The Morgan fingerprint density at radius 1 is 1.07 bits per heavy atom. The number of rotatable bonds is 8. The highest BCUT2D eigenvalue weighted by Gasteiger charge is 2.06. The number of nitrogens with one attached hydrogen (secondary N) is 2. The normalized spacial score (nSPS) is 12.1. The second kappa shape index (κ2) is 12.6. The van der Waals surface area contributed by atoms with E-state index in [1.54, 1.807) is 14.2 Å². The van der Waals surface area contributed by atoms with Crippen molar-refractivity contribution in [1.29, 1.82) is 0 Å². The minimum Gasteiger partial charge on any atom is -0.489 e. The lowest BCUT2D eigenvalue weighted by molar-refractivity contribution is 0.185. The van der Waals surface area contributed by atoms with Crippen LogP contribution in [-0.4, -0.2) is 32.8 Å². The fourth-order valence-electron chi connectivity index (χ4n) is 2.61. The zero-order chi connectivity index (χ0) is 18.8. The van der Waals surface area contributed by atoms with Gasteiger partial charge in [-0.25, -0.2) is 0 Å². The van der Waals surface area contributed by atoms with Gasteiger partial charge in [0.25, 0.3) is 0 Å². The monoisotopic (exact) mass is 483 g/mol. The van der Waals surface area contributed by atoms with Crippen LogP contribution >= 0.6 is 24.0 Å². The number of hydrogen-bond donors (Lipinski definition) is 2. The summed E-state index contributed by atoms with van der Waals surface area (Å²) < 4.78 is 11.1. The molecule has 27 heavy (non-hydrogen) atoms. The summed E-state index contributed by atoms with van der Waals surface area (Å²) in [6.07, 6.45) is 0.0281. The number of hydrogen-bond acceptors (Lipinski definition) is 3. The van der Waals surface area contributed by atoms with Gasteiger partial charge in [0.05, 0.1) is 13.2 Å².